The molecule has 31 heavy (non-hydrogen) atoms. The number of rotatable bonds is 8. The molecule has 0 bridgehead atoms. The van der Waals surface area contributed by atoms with Crippen LogP contribution in [0.25, 0.3) is 0 Å². The van der Waals surface area contributed by atoms with Crippen LogP contribution in [0.1, 0.15) is 38.4 Å². The number of amides is 1. The summed E-state index contributed by atoms with van der Waals surface area (Å²) in [5.41, 5.74) is 4.93. The number of ether oxygens (including phenoxy) is 1. The van der Waals surface area contributed by atoms with E-state index in [-0.39, 0.29) is 12.5 Å². The molecule has 0 saturated heterocycles. The highest BCUT2D eigenvalue weighted by Gasteiger charge is 2.27. The van der Waals surface area contributed by atoms with Crippen molar-refractivity contribution in [2.45, 2.75) is 39.7 Å². The lowest BCUT2D eigenvalue weighted by Gasteiger charge is -2.09. The largest absolute Gasteiger partial charge is 0.411 e. The first-order valence-electron chi connectivity index (χ1n) is 9.81. The summed E-state index contributed by atoms with van der Waals surface area (Å²) in [5.74, 6) is -0.266. The molecule has 0 unspecified atom stereocenters. The highest BCUT2D eigenvalue weighted by molar-refractivity contribution is 5.94. The van der Waals surface area contributed by atoms with E-state index in [1.54, 1.807) is 24.3 Å². The number of aromatic nitrogens is 2. The van der Waals surface area contributed by atoms with E-state index in [2.05, 4.69) is 15.2 Å². The molecular weight excluding hydrogens is 407 g/mol. The normalized spacial score (nSPS) is 11.5. The number of hydrogen-bond donors (Lipinski definition) is 1. The average molecular weight is 431 g/mol. The summed E-state index contributed by atoms with van der Waals surface area (Å²) in [5, 5.41) is 7.47. The first-order chi connectivity index (χ1) is 14.7. The lowest BCUT2D eigenvalue weighted by Crippen LogP contribution is -2.23. The maximum Gasteiger partial charge on any atom is 0.411 e. The lowest BCUT2D eigenvalue weighted by atomic mass is 10.1. The van der Waals surface area contributed by atoms with Gasteiger partial charge in [-0.2, -0.15) is 18.3 Å². The summed E-state index contributed by atoms with van der Waals surface area (Å²) in [6, 6.07) is 16.3. The van der Waals surface area contributed by atoms with Gasteiger partial charge in [0.05, 0.1) is 18.8 Å². The van der Waals surface area contributed by atoms with Crippen molar-refractivity contribution in [3.8, 4) is 0 Å². The molecule has 3 aromatic rings. The standard InChI is InChI=1S/C23H24F3N3O2/c1-16-21(17(2)29(28-16)13-18-6-4-3-5-7-18)12-27-22(30)20-10-8-19(9-11-20)14-31-15-23(24,25)26/h3-11H,12-15H2,1-2H3,(H,27,30). The molecule has 0 radical (unpaired) electrons. The lowest BCUT2D eigenvalue weighted by molar-refractivity contribution is -0.176. The number of carbonyl (C=O) groups is 1. The molecule has 3 rings (SSSR count). The predicted octanol–water partition coefficient (Wildman–Crippen LogP) is 4.56. The van der Waals surface area contributed by atoms with Crippen molar-refractivity contribution in [3.63, 3.8) is 0 Å². The number of nitrogens with one attached hydrogen (secondary N) is 1. The van der Waals surface area contributed by atoms with Crippen LogP contribution in [0.15, 0.2) is 54.6 Å². The fraction of sp³-hybridized carbons (Fsp3) is 0.304. The highest BCUT2D eigenvalue weighted by Crippen LogP contribution is 2.17. The number of carbonyl (C=O) groups excluding carboxylic acids is 1. The SMILES string of the molecule is Cc1nn(Cc2ccccc2)c(C)c1CNC(=O)c1ccc(COCC(F)(F)F)cc1. The number of benzene rings is 2. The van der Waals surface area contributed by atoms with Crippen LogP contribution in [0.4, 0.5) is 13.2 Å². The Morgan fingerprint density at radius 2 is 1.71 bits per heavy atom. The van der Waals surface area contributed by atoms with Gasteiger partial charge in [0.15, 0.2) is 0 Å². The van der Waals surface area contributed by atoms with E-state index in [0.717, 1.165) is 22.5 Å². The molecular formula is C23H24F3N3O2. The fourth-order valence-corrected chi connectivity index (χ4v) is 3.21. The van der Waals surface area contributed by atoms with E-state index in [9.17, 15) is 18.0 Å². The van der Waals surface area contributed by atoms with Crippen molar-refractivity contribution in [3.05, 3.63) is 88.2 Å². The van der Waals surface area contributed by atoms with Gasteiger partial charge in [-0.15, -0.1) is 0 Å². The molecule has 1 N–H and O–H groups in total. The maximum absolute atomic E-state index is 12.5. The second-order valence-electron chi connectivity index (χ2n) is 7.28. The molecule has 0 aliphatic heterocycles. The molecule has 1 aromatic heterocycles. The third kappa shape index (κ3) is 6.42. The van der Waals surface area contributed by atoms with Crippen molar-refractivity contribution < 1.29 is 22.7 Å². The Bertz CT molecular complexity index is 1010. The van der Waals surface area contributed by atoms with Crippen molar-refractivity contribution in [2.24, 2.45) is 0 Å². The monoisotopic (exact) mass is 431 g/mol. The quantitative estimate of drug-likeness (QED) is 0.569. The number of alkyl halides is 3. The Hall–Kier alpha value is -3.13. The van der Waals surface area contributed by atoms with E-state index in [0.29, 0.717) is 24.2 Å². The van der Waals surface area contributed by atoms with Gasteiger partial charge in [-0.05, 0) is 37.1 Å². The number of nitrogens with zero attached hydrogens (tertiary/aromatic N) is 2. The van der Waals surface area contributed by atoms with Crippen LogP contribution in [-0.4, -0.2) is 28.5 Å². The fourth-order valence-electron chi connectivity index (χ4n) is 3.21. The maximum atomic E-state index is 12.5. The van der Waals surface area contributed by atoms with Crippen molar-refractivity contribution in [2.75, 3.05) is 6.61 Å². The van der Waals surface area contributed by atoms with Crippen molar-refractivity contribution in [1.29, 1.82) is 0 Å². The van der Waals surface area contributed by atoms with E-state index in [1.807, 2.05) is 48.9 Å². The number of aryl methyl sites for hydroxylation is 1. The van der Waals surface area contributed by atoms with Gasteiger partial charge < -0.3 is 10.1 Å². The van der Waals surface area contributed by atoms with E-state index in [1.165, 1.54) is 0 Å². The molecule has 5 nitrogen and oxygen atoms in total. The zero-order valence-electron chi connectivity index (χ0n) is 17.4. The van der Waals surface area contributed by atoms with Crippen molar-refractivity contribution >= 4 is 5.91 Å². The van der Waals surface area contributed by atoms with Crippen molar-refractivity contribution in [1.82, 2.24) is 15.1 Å². The minimum absolute atomic E-state index is 0.166. The van der Waals surface area contributed by atoms with Gasteiger partial charge in [-0.3, -0.25) is 9.48 Å². The Balaban J connectivity index is 1.57. The van der Waals surface area contributed by atoms with Gasteiger partial charge >= 0.3 is 6.18 Å². The van der Waals surface area contributed by atoms with E-state index >= 15 is 0 Å². The minimum atomic E-state index is -4.36. The summed E-state index contributed by atoms with van der Waals surface area (Å²) in [6.07, 6.45) is -4.36. The predicted molar refractivity (Wildman–Crippen MR) is 111 cm³/mol. The van der Waals surface area contributed by atoms with Crippen LogP contribution in [0.5, 0.6) is 0 Å². The van der Waals surface area contributed by atoms with Gasteiger partial charge in [0, 0.05) is 23.4 Å². The second kappa shape index (κ2) is 9.78. The summed E-state index contributed by atoms with van der Waals surface area (Å²) in [6.45, 7) is 3.40. The molecule has 1 amide bonds. The molecule has 0 fully saturated rings. The van der Waals surface area contributed by atoms with Crippen LogP contribution in [0.2, 0.25) is 0 Å². The van der Waals surface area contributed by atoms with Gasteiger partial charge in [-0.1, -0.05) is 42.5 Å². The molecule has 1 heterocycles. The van der Waals surface area contributed by atoms with Gasteiger partial charge in [0.25, 0.3) is 5.91 Å². The molecule has 0 aliphatic carbocycles. The molecule has 2 aromatic carbocycles. The van der Waals surface area contributed by atoms with Crippen LogP contribution in [-0.2, 0) is 24.4 Å². The van der Waals surface area contributed by atoms with Gasteiger partial charge in [0.2, 0.25) is 0 Å². The van der Waals surface area contributed by atoms with Crippen LogP contribution in [0, 0.1) is 13.8 Å². The topological polar surface area (TPSA) is 56.2 Å². The molecule has 0 atom stereocenters. The van der Waals surface area contributed by atoms with Crippen LogP contribution < -0.4 is 5.32 Å². The first-order valence-corrected chi connectivity index (χ1v) is 9.81. The smallest absolute Gasteiger partial charge is 0.367 e. The molecule has 0 spiro atoms. The third-order valence-electron chi connectivity index (χ3n) is 4.88. The first kappa shape index (κ1) is 22.6. The Morgan fingerprint density at radius 1 is 1.03 bits per heavy atom. The summed E-state index contributed by atoms with van der Waals surface area (Å²) in [7, 11) is 0. The molecule has 164 valence electrons. The summed E-state index contributed by atoms with van der Waals surface area (Å²) >= 11 is 0. The Kier molecular flexibility index (Phi) is 7.12. The van der Waals surface area contributed by atoms with Gasteiger partial charge in [-0.25, -0.2) is 0 Å². The second-order valence-corrected chi connectivity index (χ2v) is 7.28. The van der Waals surface area contributed by atoms with E-state index < -0.39 is 12.8 Å². The molecule has 8 heteroatoms. The molecule has 0 saturated carbocycles. The zero-order chi connectivity index (χ0) is 22.4. The Labute approximate surface area is 178 Å². The van der Waals surface area contributed by atoms with Crippen LogP contribution in [0.3, 0.4) is 0 Å². The van der Waals surface area contributed by atoms with E-state index in [4.69, 9.17) is 0 Å². The highest BCUT2D eigenvalue weighted by atomic mass is 19.4. The van der Waals surface area contributed by atoms with Gasteiger partial charge in [0.1, 0.15) is 6.61 Å². The number of halogens is 3. The average Bonchev–Trinajstić information content (AvgIpc) is 2.99. The summed E-state index contributed by atoms with van der Waals surface area (Å²) < 4.78 is 43.0. The zero-order valence-corrected chi connectivity index (χ0v) is 17.4. The Morgan fingerprint density at radius 3 is 2.35 bits per heavy atom. The third-order valence-corrected chi connectivity index (χ3v) is 4.88. The number of hydrogen-bond acceptors (Lipinski definition) is 3. The minimum Gasteiger partial charge on any atom is -0.367 e. The molecule has 0 aliphatic rings. The summed E-state index contributed by atoms with van der Waals surface area (Å²) in [4.78, 5) is 12.5. The van der Waals surface area contributed by atoms with Crippen LogP contribution >= 0.6 is 0 Å².